The summed E-state index contributed by atoms with van der Waals surface area (Å²) < 4.78 is 26.1. The number of nitrogens with two attached hydrogens (primary N) is 1. The van der Waals surface area contributed by atoms with Gasteiger partial charge in [0.05, 0.1) is 23.4 Å². The number of aliphatic hydroxyl groups is 1. The summed E-state index contributed by atoms with van der Waals surface area (Å²) in [5, 5.41) is 17.7. The van der Waals surface area contributed by atoms with E-state index in [-0.39, 0.29) is 17.1 Å². The number of nitrogens with zero attached hydrogens (tertiary/aromatic N) is 1. The van der Waals surface area contributed by atoms with Gasteiger partial charge >= 0.3 is 0 Å². The minimum absolute atomic E-state index is 0.0265. The maximum absolute atomic E-state index is 11.9. The zero-order valence-electron chi connectivity index (χ0n) is 9.92. The third kappa shape index (κ3) is 3.70. The summed E-state index contributed by atoms with van der Waals surface area (Å²) >= 11 is 0. The number of aliphatic hydroxyl groups excluding tert-OH is 1. The summed E-state index contributed by atoms with van der Waals surface area (Å²) in [7, 11) is -3.71. The van der Waals surface area contributed by atoms with E-state index < -0.39 is 16.1 Å². The Morgan fingerprint density at radius 3 is 2.72 bits per heavy atom. The van der Waals surface area contributed by atoms with E-state index in [1.807, 2.05) is 6.07 Å². The predicted molar refractivity (Wildman–Crippen MR) is 67.1 cm³/mol. The van der Waals surface area contributed by atoms with Gasteiger partial charge in [-0.15, -0.1) is 0 Å². The molecule has 1 unspecified atom stereocenters. The monoisotopic (exact) mass is 269 g/mol. The molecule has 0 heterocycles. The summed E-state index contributed by atoms with van der Waals surface area (Å²) in [5.41, 5.74) is 5.92. The van der Waals surface area contributed by atoms with Crippen molar-refractivity contribution >= 4 is 15.7 Å². The standard InChI is InChI=1S/C11H15N3O3S/c1-8(15)4-5-14-18(16,17)11-3-2-9(7-12)6-10(11)13/h2-3,6,8,14-15H,4-5,13H2,1H3. The molecule has 1 aromatic carbocycles. The molecule has 0 bridgehead atoms. The van der Waals surface area contributed by atoms with Gasteiger partial charge in [0, 0.05) is 6.54 Å². The molecule has 0 radical (unpaired) electrons. The second-order valence-corrected chi connectivity index (χ2v) is 5.64. The Morgan fingerprint density at radius 1 is 1.56 bits per heavy atom. The zero-order chi connectivity index (χ0) is 13.8. The van der Waals surface area contributed by atoms with E-state index in [1.54, 1.807) is 6.92 Å². The zero-order valence-corrected chi connectivity index (χ0v) is 10.7. The molecule has 1 atom stereocenters. The smallest absolute Gasteiger partial charge is 0.242 e. The first-order valence-electron chi connectivity index (χ1n) is 5.34. The molecule has 0 aliphatic rings. The third-order valence-corrected chi connectivity index (χ3v) is 3.82. The number of sulfonamides is 1. The van der Waals surface area contributed by atoms with Crippen molar-refractivity contribution in [2.24, 2.45) is 0 Å². The van der Waals surface area contributed by atoms with Gasteiger partial charge in [0.25, 0.3) is 0 Å². The highest BCUT2D eigenvalue weighted by atomic mass is 32.2. The molecule has 0 spiro atoms. The normalized spacial score (nSPS) is 12.9. The molecule has 6 nitrogen and oxygen atoms in total. The lowest BCUT2D eigenvalue weighted by atomic mass is 10.2. The topological polar surface area (TPSA) is 116 Å². The van der Waals surface area contributed by atoms with Gasteiger partial charge in [-0.25, -0.2) is 13.1 Å². The molecule has 4 N–H and O–H groups in total. The average molecular weight is 269 g/mol. The quantitative estimate of drug-likeness (QED) is 0.660. The van der Waals surface area contributed by atoms with Crippen LogP contribution in [0.25, 0.3) is 0 Å². The second-order valence-electron chi connectivity index (χ2n) is 3.90. The molecular weight excluding hydrogens is 254 g/mol. The van der Waals surface area contributed by atoms with Crippen LogP contribution in [0.15, 0.2) is 23.1 Å². The molecule has 0 saturated heterocycles. The Bertz CT molecular complexity index is 561. The first-order valence-corrected chi connectivity index (χ1v) is 6.82. The van der Waals surface area contributed by atoms with Crippen molar-refractivity contribution in [2.45, 2.75) is 24.3 Å². The van der Waals surface area contributed by atoms with Crippen molar-refractivity contribution in [3.05, 3.63) is 23.8 Å². The number of anilines is 1. The lowest BCUT2D eigenvalue weighted by molar-refractivity contribution is 0.186. The molecule has 0 fully saturated rings. The molecule has 7 heteroatoms. The van der Waals surface area contributed by atoms with Gasteiger partial charge in [0.2, 0.25) is 10.0 Å². The van der Waals surface area contributed by atoms with E-state index in [0.717, 1.165) is 0 Å². The maximum atomic E-state index is 11.9. The number of nitriles is 1. The molecule has 0 aromatic heterocycles. The number of hydrogen-bond donors (Lipinski definition) is 3. The van der Waals surface area contributed by atoms with Gasteiger partial charge in [-0.2, -0.15) is 5.26 Å². The Hall–Kier alpha value is -1.62. The second kappa shape index (κ2) is 5.82. The highest BCUT2D eigenvalue weighted by Crippen LogP contribution is 2.19. The third-order valence-electron chi connectivity index (χ3n) is 2.28. The average Bonchev–Trinajstić information content (AvgIpc) is 2.27. The van der Waals surface area contributed by atoms with Crippen LogP contribution < -0.4 is 10.5 Å². The van der Waals surface area contributed by atoms with Crippen molar-refractivity contribution in [3.8, 4) is 6.07 Å². The van der Waals surface area contributed by atoms with Gasteiger partial charge < -0.3 is 10.8 Å². The number of nitrogen functional groups attached to an aromatic ring is 1. The molecule has 0 aliphatic carbocycles. The van der Waals surface area contributed by atoms with Crippen molar-refractivity contribution in [1.29, 1.82) is 5.26 Å². The molecular formula is C11H15N3O3S. The minimum atomic E-state index is -3.71. The molecule has 18 heavy (non-hydrogen) atoms. The highest BCUT2D eigenvalue weighted by molar-refractivity contribution is 7.89. The van der Waals surface area contributed by atoms with Crippen LogP contribution in [-0.2, 0) is 10.0 Å². The van der Waals surface area contributed by atoms with Crippen LogP contribution in [0.3, 0.4) is 0 Å². The SMILES string of the molecule is CC(O)CCNS(=O)(=O)c1ccc(C#N)cc1N. The molecule has 0 saturated carbocycles. The molecule has 0 aliphatic heterocycles. The Labute approximate surface area is 106 Å². The van der Waals surface area contributed by atoms with E-state index in [4.69, 9.17) is 16.1 Å². The molecule has 1 aromatic rings. The first-order chi connectivity index (χ1) is 8.36. The lowest BCUT2D eigenvalue weighted by Crippen LogP contribution is -2.27. The van der Waals surface area contributed by atoms with Crippen LogP contribution in [0.2, 0.25) is 0 Å². The van der Waals surface area contributed by atoms with Crippen LogP contribution >= 0.6 is 0 Å². The van der Waals surface area contributed by atoms with E-state index in [2.05, 4.69) is 4.72 Å². The van der Waals surface area contributed by atoms with E-state index in [0.29, 0.717) is 12.0 Å². The fraction of sp³-hybridized carbons (Fsp3) is 0.364. The fourth-order valence-electron chi connectivity index (χ4n) is 1.34. The number of rotatable bonds is 5. The van der Waals surface area contributed by atoms with Crippen LogP contribution in [0.4, 0.5) is 5.69 Å². The van der Waals surface area contributed by atoms with Gasteiger partial charge in [-0.1, -0.05) is 0 Å². The molecule has 98 valence electrons. The van der Waals surface area contributed by atoms with E-state index in [1.165, 1.54) is 18.2 Å². The summed E-state index contributed by atoms with van der Waals surface area (Å²) in [4.78, 5) is -0.0629. The lowest BCUT2D eigenvalue weighted by Gasteiger charge is -2.10. The fourth-order valence-corrected chi connectivity index (χ4v) is 2.50. The summed E-state index contributed by atoms with van der Waals surface area (Å²) in [5.74, 6) is 0. The van der Waals surface area contributed by atoms with Gasteiger partial charge in [0.15, 0.2) is 0 Å². The largest absolute Gasteiger partial charge is 0.398 e. The first kappa shape index (κ1) is 14.4. The Kier molecular flexibility index (Phi) is 4.67. The van der Waals surface area contributed by atoms with Crippen molar-refractivity contribution < 1.29 is 13.5 Å². The van der Waals surface area contributed by atoms with Crippen LogP contribution in [0.5, 0.6) is 0 Å². The maximum Gasteiger partial charge on any atom is 0.242 e. The minimum Gasteiger partial charge on any atom is -0.398 e. The van der Waals surface area contributed by atoms with E-state index in [9.17, 15) is 8.42 Å². The van der Waals surface area contributed by atoms with Gasteiger partial charge in [0.1, 0.15) is 4.90 Å². The number of hydrogen-bond acceptors (Lipinski definition) is 5. The number of benzene rings is 1. The summed E-state index contributed by atoms with van der Waals surface area (Å²) in [6.45, 7) is 1.70. The van der Waals surface area contributed by atoms with Crippen molar-refractivity contribution in [2.75, 3.05) is 12.3 Å². The van der Waals surface area contributed by atoms with Crippen molar-refractivity contribution in [1.82, 2.24) is 4.72 Å². The molecule has 0 amide bonds. The Morgan fingerprint density at radius 2 is 2.22 bits per heavy atom. The summed E-state index contributed by atoms with van der Waals surface area (Å²) in [6.07, 6.45) is -0.263. The van der Waals surface area contributed by atoms with Gasteiger partial charge in [-0.3, -0.25) is 0 Å². The number of nitrogens with one attached hydrogen (secondary N) is 1. The van der Waals surface area contributed by atoms with Crippen LogP contribution in [0.1, 0.15) is 18.9 Å². The molecule has 1 rings (SSSR count). The van der Waals surface area contributed by atoms with Crippen LogP contribution in [0, 0.1) is 11.3 Å². The predicted octanol–water partition coefficient (Wildman–Crippen LogP) is 0.190. The van der Waals surface area contributed by atoms with Gasteiger partial charge in [-0.05, 0) is 31.5 Å². The van der Waals surface area contributed by atoms with Crippen molar-refractivity contribution in [3.63, 3.8) is 0 Å². The Balaban J connectivity index is 2.89. The van der Waals surface area contributed by atoms with Crippen LogP contribution in [-0.4, -0.2) is 26.2 Å². The highest BCUT2D eigenvalue weighted by Gasteiger charge is 2.17. The van der Waals surface area contributed by atoms with E-state index >= 15 is 0 Å². The summed E-state index contributed by atoms with van der Waals surface area (Å²) in [6, 6.07) is 5.86.